The van der Waals surface area contributed by atoms with Gasteiger partial charge in [-0.3, -0.25) is 0 Å². The second-order valence-corrected chi connectivity index (χ2v) is 4.12. The van der Waals surface area contributed by atoms with Crippen molar-refractivity contribution in [3.05, 3.63) is 0 Å². The molecular formula is C10H21NO. The zero-order valence-electron chi connectivity index (χ0n) is 8.31. The van der Waals surface area contributed by atoms with Crippen LogP contribution in [-0.2, 0) is 4.74 Å². The first kappa shape index (κ1) is 10.0. The second kappa shape index (κ2) is 4.24. The van der Waals surface area contributed by atoms with Crippen molar-refractivity contribution >= 4 is 0 Å². The number of hydrogen-bond acceptors (Lipinski definition) is 2. The van der Waals surface area contributed by atoms with Gasteiger partial charge in [-0.05, 0) is 32.6 Å². The lowest BCUT2D eigenvalue weighted by Gasteiger charge is -2.30. The molecule has 1 aliphatic carbocycles. The summed E-state index contributed by atoms with van der Waals surface area (Å²) < 4.78 is 5.39. The van der Waals surface area contributed by atoms with E-state index < -0.39 is 0 Å². The van der Waals surface area contributed by atoms with E-state index in [9.17, 15) is 0 Å². The maximum atomic E-state index is 6.18. The molecule has 0 spiro atoms. The van der Waals surface area contributed by atoms with Crippen molar-refractivity contribution in [1.82, 2.24) is 0 Å². The van der Waals surface area contributed by atoms with Crippen molar-refractivity contribution in [2.75, 3.05) is 13.2 Å². The zero-order valence-corrected chi connectivity index (χ0v) is 8.31. The van der Waals surface area contributed by atoms with Gasteiger partial charge in [0.25, 0.3) is 0 Å². The lowest BCUT2D eigenvalue weighted by Crippen LogP contribution is -2.47. The summed E-state index contributed by atoms with van der Waals surface area (Å²) in [4.78, 5) is 0. The molecule has 1 atom stereocenters. The number of hydrogen-bond donors (Lipinski definition) is 1. The first-order chi connectivity index (χ1) is 5.67. The predicted molar refractivity (Wildman–Crippen MR) is 51.0 cm³/mol. The van der Waals surface area contributed by atoms with E-state index in [0.29, 0.717) is 12.5 Å². The summed E-state index contributed by atoms with van der Waals surface area (Å²) in [5.41, 5.74) is 6.09. The molecule has 1 unspecified atom stereocenters. The van der Waals surface area contributed by atoms with E-state index in [-0.39, 0.29) is 5.54 Å². The minimum atomic E-state index is -0.0908. The third-order valence-electron chi connectivity index (χ3n) is 2.90. The highest BCUT2D eigenvalue weighted by Crippen LogP contribution is 2.32. The quantitative estimate of drug-likeness (QED) is 0.701. The predicted octanol–water partition coefficient (Wildman–Crippen LogP) is 1.93. The Morgan fingerprint density at radius 3 is 2.50 bits per heavy atom. The normalized spacial score (nSPS) is 24.2. The first-order valence-electron chi connectivity index (χ1n) is 5.03. The number of rotatable bonds is 4. The van der Waals surface area contributed by atoms with E-state index in [1.54, 1.807) is 0 Å². The lowest BCUT2D eigenvalue weighted by molar-refractivity contribution is 0.0754. The van der Waals surface area contributed by atoms with E-state index in [4.69, 9.17) is 10.5 Å². The highest BCUT2D eigenvalue weighted by Gasteiger charge is 2.32. The highest BCUT2D eigenvalue weighted by atomic mass is 16.5. The molecule has 12 heavy (non-hydrogen) atoms. The smallest absolute Gasteiger partial charge is 0.0646 e. The highest BCUT2D eigenvalue weighted by molar-refractivity contribution is 4.89. The van der Waals surface area contributed by atoms with Crippen molar-refractivity contribution in [3.63, 3.8) is 0 Å². The first-order valence-corrected chi connectivity index (χ1v) is 5.03. The van der Waals surface area contributed by atoms with Crippen molar-refractivity contribution in [3.8, 4) is 0 Å². The van der Waals surface area contributed by atoms with Gasteiger partial charge >= 0.3 is 0 Å². The Hall–Kier alpha value is -0.0800. The van der Waals surface area contributed by atoms with E-state index in [1.165, 1.54) is 25.7 Å². The van der Waals surface area contributed by atoms with E-state index in [0.717, 1.165) is 6.61 Å². The fourth-order valence-electron chi connectivity index (χ4n) is 2.03. The largest absolute Gasteiger partial charge is 0.380 e. The van der Waals surface area contributed by atoms with Crippen molar-refractivity contribution in [2.45, 2.75) is 45.1 Å². The SMILES string of the molecule is CCOCC(C)(N)C1CCCC1. The van der Waals surface area contributed by atoms with Gasteiger partial charge < -0.3 is 10.5 Å². The molecule has 1 aliphatic rings. The van der Waals surface area contributed by atoms with Crippen LogP contribution in [0, 0.1) is 5.92 Å². The Morgan fingerprint density at radius 1 is 1.42 bits per heavy atom. The molecule has 2 nitrogen and oxygen atoms in total. The summed E-state index contributed by atoms with van der Waals surface area (Å²) in [6, 6.07) is 0. The fraction of sp³-hybridized carbons (Fsp3) is 1.00. The van der Waals surface area contributed by atoms with Gasteiger partial charge in [0.2, 0.25) is 0 Å². The van der Waals surface area contributed by atoms with Gasteiger partial charge in [-0.25, -0.2) is 0 Å². The monoisotopic (exact) mass is 171 g/mol. The maximum absolute atomic E-state index is 6.18. The molecule has 0 aromatic rings. The van der Waals surface area contributed by atoms with Gasteiger partial charge in [0, 0.05) is 12.1 Å². The fourth-order valence-corrected chi connectivity index (χ4v) is 2.03. The number of ether oxygens (including phenoxy) is 1. The lowest BCUT2D eigenvalue weighted by atomic mass is 9.86. The van der Waals surface area contributed by atoms with Crippen LogP contribution in [-0.4, -0.2) is 18.8 Å². The molecule has 0 saturated heterocycles. The summed E-state index contributed by atoms with van der Waals surface area (Å²) in [6.45, 7) is 5.64. The van der Waals surface area contributed by atoms with Crippen LogP contribution in [0.1, 0.15) is 39.5 Å². The van der Waals surface area contributed by atoms with Crippen LogP contribution in [0.4, 0.5) is 0 Å². The maximum Gasteiger partial charge on any atom is 0.0646 e. The molecule has 1 rings (SSSR count). The molecule has 2 heteroatoms. The molecule has 0 aromatic carbocycles. The van der Waals surface area contributed by atoms with Gasteiger partial charge in [0.15, 0.2) is 0 Å². The van der Waals surface area contributed by atoms with Crippen LogP contribution in [0.15, 0.2) is 0 Å². The summed E-state index contributed by atoms with van der Waals surface area (Å²) in [5, 5.41) is 0. The van der Waals surface area contributed by atoms with Crippen LogP contribution < -0.4 is 5.73 Å². The molecule has 72 valence electrons. The average Bonchev–Trinajstić information content (AvgIpc) is 2.53. The topological polar surface area (TPSA) is 35.2 Å². The van der Waals surface area contributed by atoms with Gasteiger partial charge in [-0.1, -0.05) is 12.8 Å². The summed E-state index contributed by atoms with van der Waals surface area (Å²) in [5.74, 6) is 0.684. The summed E-state index contributed by atoms with van der Waals surface area (Å²) >= 11 is 0. The minimum absolute atomic E-state index is 0.0908. The Kier molecular flexibility index (Phi) is 3.53. The Morgan fingerprint density at radius 2 is 2.00 bits per heavy atom. The van der Waals surface area contributed by atoms with Crippen LogP contribution >= 0.6 is 0 Å². The molecule has 0 heterocycles. The van der Waals surface area contributed by atoms with Crippen LogP contribution in [0.25, 0.3) is 0 Å². The molecule has 2 N–H and O–H groups in total. The Balaban J connectivity index is 2.34. The molecule has 0 radical (unpaired) electrons. The second-order valence-electron chi connectivity index (χ2n) is 4.12. The van der Waals surface area contributed by atoms with E-state index in [2.05, 4.69) is 6.92 Å². The summed E-state index contributed by atoms with van der Waals surface area (Å²) in [6.07, 6.45) is 5.29. The van der Waals surface area contributed by atoms with Crippen LogP contribution in [0.5, 0.6) is 0 Å². The van der Waals surface area contributed by atoms with E-state index in [1.807, 2.05) is 6.92 Å². The molecule has 0 amide bonds. The van der Waals surface area contributed by atoms with Crippen molar-refractivity contribution in [1.29, 1.82) is 0 Å². The Bertz CT molecular complexity index is 128. The Labute approximate surface area is 75.5 Å². The molecule has 0 aromatic heterocycles. The summed E-state index contributed by atoms with van der Waals surface area (Å²) in [7, 11) is 0. The molecular weight excluding hydrogens is 150 g/mol. The van der Waals surface area contributed by atoms with E-state index >= 15 is 0 Å². The van der Waals surface area contributed by atoms with Gasteiger partial charge in [0.1, 0.15) is 0 Å². The third kappa shape index (κ3) is 2.46. The standard InChI is InChI=1S/C10H21NO/c1-3-12-8-10(2,11)9-6-4-5-7-9/h9H,3-8,11H2,1-2H3. The molecule has 0 aliphatic heterocycles. The van der Waals surface area contributed by atoms with Crippen molar-refractivity contribution < 1.29 is 4.74 Å². The van der Waals surface area contributed by atoms with Crippen LogP contribution in [0.2, 0.25) is 0 Å². The van der Waals surface area contributed by atoms with Gasteiger partial charge in [0.05, 0.1) is 6.61 Å². The van der Waals surface area contributed by atoms with Gasteiger partial charge in [-0.15, -0.1) is 0 Å². The molecule has 1 fully saturated rings. The minimum Gasteiger partial charge on any atom is -0.380 e. The third-order valence-corrected chi connectivity index (χ3v) is 2.90. The zero-order chi connectivity index (χ0) is 9.03. The molecule has 0 bridgehead atoms. The van der Waals surface area contributed by atoms with Crippen LogP contribution in [0.3, 0.4) is 0 Å². The number of nitrogens with two attached hydrogens (primary N) is 1. The average molecular weight is 171 g/mol. The van der Waals surface area contributed by atoms with Crippen molar-refractivity contribution in [2.24, 2.45) is 11.7 Å². The molecule has 1 saturated carbocycles. The van der Waals surface area contributed by atoms with Gasteiger partial charge in [-0.2, -0.15) is 0 Å².